The molecule has 1 fully saturated rings. The van der Waals surface area contributed by atoms with E-state index >= 15 is 0 Å². The Labute approximate surface area is 118 Å². The molecule has 0 aliphatic carbocycles. The lowest BCUT2D eigenvalue weighted by molar-refractivity contribution is 0.0601. The molecule has 0 amide bonds. The molecule has 2 atom stereocenters. The van der Waals surface area contributed by atoms with E-state index in [4.69, 9.17) is 16.3 Å². The van der Waals surface area contributed by atoms with Gasteiger partial charge in [0.15, 0.2) is 0 Å². The molecule has 0 spiro atoms. The van der Waals surface area contributed by atoms with Gasteiger partial charge < -0.3 is 15.0 Å². The predicted molar refractivity (Wildman–Crippen MR) is 76.9 cm³/mol. The third-order valence-electron chi connectivity index (χ3n) is 3.63. The molecule has 5 heteroatoms. The van der Waals surface area contributed by atoms with Crippen molar-refractivity contribution in [1.29, 1.82) is 0 Å². The van der Waals surface area contributed by atoms with Crippen LogP contribution >= 0.6 is 11.6 Å². The number of carbonyl (C=O) groups excluding carboxylic acids is 1. The van der Waals surface area contributed by atoms with Gasteiger partial charge in [0.25, 0.3) is 0 Å². The highest BCUT2D eigenvalue weighted by Gasteiger charge is 2.26. The number of methoxy groups -OCH3 is 1. The number of esters is 1. The van der Waals surface area contributed by atoms with Gasteiger partial charge in [0.2, 0.25) is 0 Å². The van der Waals surface area contributed by atoms with E-state index in [1.54, 1.807) is 12.1 Å². The normalized spacial score (nSPS) is 23.4. The van der Waals surface area contributed by atoms with Gasteiger partial charge in [-0.3, -0.25) is 0 Å². The summed E-state index contributed by atoms with van der Waals surface area (Å²) in [5, 5.41) is 3.85. The van der Waals surface area contributed by atoms with Crippen LogP contribution in [-0.2, 0) is 4.74 Å². The topological polar surface area (TPSA) is 41.6 Å². The van der Waals surface area contributed by atoms with Crippen molar-refractivity contribution in [3.05, 3.63) is 28.8 Å². The number of halogens is 1. The molecule has 19 heavy (non-hydrogen) atoms. The highest BCUT2D eigenvalue weighted by molar-refractivity contribution is 6.33. The van der Waals surface area contributed by atoms with Crippen molar-refractivity contribution in [2.45, 2.75) is 25.4 Å². The first-order valence-corrected chi connectivity index (χ1v) is 6.73. The number of nitrogens with one attached hydrogen (secondary N) is 1. The fraction of sp³-hybridized carbons (Fsp3) is 0.500. The second kappa shape index (κ2) is 5.80. The van der Waals surface area contributed by atoms with Gasteiger partial charge in [-0.2, -0.15) is 0 Å². The zero-order chi connectivity index (χ0) is 14.0. The summed E-state index contributed by atoms with van der Waals surface area (Å²) in [5.74, 6) is -0.412. The van der Waals surface area contributed by atoms with Gasteiger partial charge in [-0.15, -0.1) is 0 Å². The number of likely N-dealkylation sites (tertiary alicyclic amines) is 1. The van der Waals surface area contributed by atoms with Crippen LogP contribution in [0.4, 0.5) is 5.69 Å². The molecule has 1 aliphatic rings. The minimum atomic E-state index is -0.412. The number of anilines is 1. The number of benzene rings is 1. The third kappa shape index (κ3) is 3.19. The summed E-state index contributed by atoms with van der Waals surface area (Å²) in [6.07, 6.45) is 1.09. The van der Waals surface area contributed by atoms with Crippen molar-refractivity contribution in [3.63, 3.8) is 0 Å². The molecule has 104 valence electrons. The lowest BCUT2D eigenvalue weighted by Crippen LogP contribution is -2.24. The van der Waals surface area contributed by atoms with Gasteiger partial charge in [0, 0.05) is 24.3 Å². The van der Waals surface area contributed by atoms with Crippen LogP contribution in [-0.4, -0.2) is 43.7 Å². The monoisotopic (exact) mass is 282 g/mol. The molecule has 0 radical (unpaired) electrons. The Kier molecular flexibility index (Phi) is 4.32. The lowest BCUT2D eigenvalue weighted by atomic mass is 10.1. The van der Waals surface area contributed by atoms with E-state index in [9.17, 15) is 4.79 Å². The Bertz CT molecular complexity index is 469. The Hall–Kier alpha value is -1.26. The van der Waals surface area contributed by atoms with Gasteiger partial charge in [-0.25, -0.2) is 4.79 Å². The van der Waals surface area contributed by atoms with E-state index in [0.717, 1.165) is 18.7 Å². The first-order chi connectivity index (χ1) is 9.01. The van der Waals surface area contributed by atoms with Crippen LogP contribution in [0.3, 0.4) is 0 Å². The van der Waals surface area contributed by atoms with E-state index < -0.39 is 5.97 Å². The Balaban J connectivity index is 2.11. The summed E-state index contributed by atoms with van der Waals surface area (Å²) < 4.78 is 4.72. The van der Waals surface area contributed by atoms with Gasteiger partial charge in [-0.1, -0.05) is 11.6 Å². The zero-order valence-corrected chi connectivity index (χ0v) is 12.2. The molecule has 1 heterocycles. The Morgan fingerprint density at radius 3 is 2.84 bits per heavy atom. The average Bonchev–Trinajstić information content (AvgIpc) is 2.69. The molecular weight excluding hydrogens is 264 g/mol. The maximum absolute atomic E-state index is 11.6. The summed E-state index contributed by atoms with van der Waals surface area (Å²) in [5.41, 5.74) is 1.30. The second-order valence-electron chi connectivity index (χ2n) is 5.05. The van der Waals surface area contributed by atoms with E-state index in [2.05, 4.69) is 24.2 Å². The van der Waals surface area contributed by atoms with Crippen LogP contribution in [0.2, 0.25) is 5.02 Å². The number of carbonyl (C=O) groups is 1. The molecule has 1 saturated heterocycles. The summed E-state index contributed by atoms with van der Waals surface area (Å²) in [4.78, 5) is 13.9. The number of ether oxygens (including phenoxy) is 1. The fourth-order valence-corrected chi connectivity index (χ4v) is 2.61. The van der Waals surface area contributed by atoms with Gasteiger partial charge in [0.1, 0.15) is 0 Å². The van der Waals surface area contributed by atoms with Crippen molar-refractivity contribution in [3.8, 4) is 0 Å². The number of rotatable bonds is 3. The smallest absolute Gasteiger partial charge is 0.339 e. The maximum atomic E-state index is 11.6. The quantitative estimate of drug-likeness (QED) is 0.866. The van der Waals surface area contributed by atoms with Crippen molar-refractivity contribution in [2.75, 3.05) is 26.0 Å². The highest BCUT2D eigenvalue weighted by atomic mass is 35.5. The number of nitrogens with zero attached hydrogens (tertiary/aromatic N) is 1. The molecule has 0 aromatic heterocycles. The summed E-state index contributed by atoms with van der Waals surface area (Å²) in [6.45, 7) is 3.21. The standard InChI is InChI=1S/C14H19ClN2O2/c1-9-6-11(8-17(9)2)16-10-4-5-13(15)12(7-10)14(18)19-3/h4-5,7,9,11,16H,6,8H2,1-3H3. The van der Waals surface area contributed by atoms with E-state index in [0.29, 0.717) is 22.7 Å². The van der Waals surface area contributed by atoms with E-state index in [-0.39, 0.29) is 0 Å². The maximum Gasteiger partial charge on any atom is 0.339 e. The molecule has 1 aliphatic heterocycles. The molecule has 4 nitrogen and oxygen atoms in total. The zero-order valence-electron chi connectivity index (χ0n) is 11.4. The van der Waals surface area contributed by atoms with Crippen LogP contribution in [0.25, 0.3) is 0 Å². The second-order valence-corrected chi connectivity index (χ2v) is 5.46. The molecule has 2 rings (SSSR count). The molecular formula is C14H19ClN2O2. The van der Waals surface area contributed by atoms with Crippen LogP contribution in [0, 0.1) is 0 Å². The van der Waals surface area contributed by atoms with Crippen LogP contribution in [0.5, 0.6) is 0 Å². The van der Waals surface area contributed by atoms with Crippen LogP contribution < -0.4 is 5.32 Å². The highest BCUT2D eigenvalue weighted by Crippen LogP contribution is 2.24. The van der Waals surface area contributed by atoms with Gasteiger partial charge in [0.05, 0.1) is 17.7 Å². The molecule has 2 unspecified atom stereocenters. The van der Waals surface area contributed by atoms with E-state index in [1.807, 2.05) is 6.07 Å². The first kappa shape index (κ1) is 14.2. The molecule has 1 aromatic carbocycles. The van der Waals surface area contributed by atoms with Crippen molar-refractivity contribution in [2.24, 2.45) is 0 Å². The molecule has 0 saturated carbocycles. The number of hydrogen-bond acceptors (Lipinski definition) is 4. The van der Waals surface area contributed by atoms with Gasteiger partial charge in [-0.05, 0) is 38.6 Å². The minimum Gasteiger partial charge on any atom is -0.465 e. The van der Waals surface area contributed by atoms with E-state index in [1.165, 1.54) is 7.11 Å². The Morgan fingerprint density at radius 2 is 2.26 bits per heavy atom. The Morgan fingerprint density at radius 1 is 1.53 bits per heavy atom. The number of likely N-dealkylation sites (N-methyl/N-ethyl adjacent to an activating group) is 1. The first-order valence-electron chi connectivity index (χ1n) is 6.36. The van der Waals surface area contributed by atoms with Crippen molar-refractivity contribution < 1.29 is 9.53 Å². The molecule has 1 aromatic rings. The minimum absolute atomic E-state index is 0.395. The summed E-state index contributed by atoms with van der Waals surface area (Å²) in [6, 6.07) is 6.32. The predicted octanol–water partition coefficient (Wildman–Crippen LogP) is 2.63. The molecule has 0 bridgehead atoms. The van der Waals surface area contributed by atoms with Crippen molar-refractivity contribution in [1.82, 2.24) is 4.90 Å². The average molecular weight is 283 g/mol. The molecule has 1 N–H and O–H groups in total. The third-order valence-corrected chi connectivity index (χ3v) is 3.96. The largest absolute Gasteiger partial charge is 0.465 e. The van der Waals surface area contributed by atoms with Crippen molar-refractivity contribution >= 4 is 23.3 Å². The lowest BCUT2D eigenvalue weighted by Gasteiger charge is -2.15. The number of hydrogen-bond donors (Lipinski definition) is 1. The van der Waals surface area contributed by atoms with Crippen LogP contribution in [0.1, 0.15) is 23.7 Å². The fourth-order valence-electron chi connectivity index (χ4n) is 2.42. The summed E-state index contributed by atoms with van der Waals surface area (Å²) in [7, 11) is 3.47. The van der Waals surface area contributed by atoms with Crippen LogP contribution in [0.15, 0.2) is 18.2 Å². The van der Waals surface area contributed by atoms with Gasteiger partial charge >= 0.3 is 5.97 Å². The SMILES string of the molecule is COC(=O)c1cc(NC2CC(C)N(C)C2)ccc1Cl. The summed E-state index contributed by atoms with van der Waals surface area (Å²) >= 11 is 6.00.